The third kappa shape index (κ3) is 12.4. The zero-order valence-electron chi connectivity index (χ0n) is 11.5. The van der Waals surface area contributed by atoms with Gasteiger partial charge in [-0.25, -0.2) is 0 Å². The van der Waals surface area contributed by atoms with E-state index in [0.717, 1.165) is 0 Å². The lowest BCUT2D eigenvalue weighted by Gasteiger charge is -2.19. The molecule has 0 aliphatic heterocycles. The maximum atomic E-state index is 10.7. The standard InChI is InChI=1S/C12H18O7S2/c1-3-5-11(7-9-20(13,14)15)19-12(6-4-2)8-10-21(16,17)18/h1,11-12H,4-7,9H2,2H3,(H,13,14,15)(H,16,17,18). The maximum Gasteiger partial charge on any atom is 0.335 e. The molecule has 0 bridgehead atoms. The van der Waals surface area contributed by atoms with E-state index in [2.05, 4.69) is 11.8 Å². The van der Waals surface area contributed by atoms with Gasteiger partial charge in [0.25, 0.3) is 10.1 Å². The molecule has 0 heterocycles. The summed E-state index contributed by atoms with van der Waals surface area (Å²) in [6.07, 6.45) is 4.71. The van der Waals surface area contributed by atoms with E-state index in [0.29, 0.717) is 12.8 Å². The lowest BCUT2D eigenvalue weighted by atomic mass is 10.1. The Hall–Kier alpha value is -1.10. The van der Waals surface area contributed by atoms with Gasteiger partial charge in [-0.3, -0.25) is 9.11 Å². The molecule has 0 saturated carbocycles. The highest BCUT2D eigenvalue weighted by Crippen LogP contribution is 2.12. The second kappa shape index (κ2) is 9.03. The van der Waals surface area contributed by atoms with Gasteiger partial charge in [0.15, 0.2) is 0 Å². The van der Waals surface area contributed by atoms with Gasteiger partial charge in [0.1, 0.15) is 6.10 Å². The average molecular weight is 338 g/mol. The first-order valence-electron chi connectivity index (χ1n) is 6.11. The zero-order chi connectivity index (χ0) is 16.5. The highest BCUT2D eigenvalue weighted by molar-refractivity contribution is 7.90. The van der Waals surface area contributed by atoms with E-state index in [9.17, 15) is 16.8 Å². The third-order valence-corrected chi connectivity index (χ3v) is 3.43. The Balaban J connectivity index is 4.88. The molecule has 0 aliphatic rings. The van der Waals surface area contributed by atoms with Crippen molar-refractivity contribution in [1.82, 2.24) is 0 Å². The molecule has 120 valence electrons. The molecule has 2 unspecified atom stereocenters. The average Bonchev–Trinajstić information content (AvgIpc) is 2.31. The third-order valence-electron chi connectivity index (χ3n) is 2.30. The van der Waals surface area contributed by atoms with E-state index in [-0.39, 0.29) is 12.8 Å². The predicted molar refractivity (Wildman–Crippen MR) is 77.4 cm³/mol. The maximum absolute atomic E-state index is 10.7. The fraction of sp³-hybridized carbons (Fsp3) is 0.667. The van der Waals surface area contributed by atoms with Crippen molar-refractivity contribution in [3.63, 3.8) is 0 Å². The molecule has 2 atom stereocenters. The van der Waals surface area contributed by atoms with Gasteiger partial charge in [-0.05, 0) is 12.8 Å². The number of ether oxygens (including phenoxy) is 1. The Bertz CT molecular complexity index is 617. The minimum Gasteiger partial charge on any atom is -0.361 e. The topological polar surface area (TPSA) is 118 Å². The van der Waals surface area contributed by atoms with Crippen molar-refractivity contribution in [1.29, 1.82) is 0 Å². The van der Waals surface area contributed by atoms with E-state index in [1.165, 1.54) is 0 Å². The molecular weight excluding hydrogens is 320 g/mol. The number of terminal acetylenes is 1. The highest BCUT2D eigenvalue weighted by atomic mass is 32.2. The van der Waals surface area contributed by atoms with Gasteiger partial charge in [-0.2, -0.15) is 16.8 Å². The summed E-state index contributed by atoms with van der Waals surface area (Å²) < 4.78 is 65.4. The van der Waals surface area contributed by atoms with E-state index in [1.54, 1.807) is 5.25 Å². The molecule has 0 aromatic rings. The summed E-state index contributed by atoms with van der Waals surface area (Å²) in [6.45, 7) is 1.82. The Labute approximate surface area is 125 Å². The summed E-state index contributed by atoms with van der Waals surface area (Å²) >= 11 is 0. The molecule has 0 amide bonds. The smallest absolute Gasteiger partial charge is 0.335 e. The molecule has 0 fully saturated rings. The molecular formula is C12H18O7S2. The minimum atomic E-state index is -4.44. The Morgan fingerprint density at radius 3 is 2.24 bits per heavy atom. The van der Waals surface area contributed by atoms with E-state index >= 15 is 0 Å². The molecule has 0 rings (SSSR count). The van der Waals surface area contributed by atoms with Crippen molar-refractivity contribution >= 4 is 20.2 Å². The summed E-state index contributed by atoms with van der Waals surface area (Å²) in [5, 5.41) is 1.66. The van der Waals surface area contributed by atoms with Crippen LogP contribution in [0.5, 0.6) is 0 Å². The van der Waals surface area contributed by atoms with E-state index in [1.807, 2.05) is 6.92 Å². The normalized spacial score (nSPS) is 14.6. The van der Waals surface area contributed by atoms with Gasteiger partial charge >= 0.3 is 10.1 Å². The Kier molecular flexibility index (Phi) is 8.55. The van der Waals surface area contributed by atoms with Crippen molar-refractivity contribution in [2.75, 3.05) is 5.75 Å². The fourth-order valence-corrected chi connectivity index (χ4v) is 2.28. The van der Waals surface area contributed by atoms with Gasteiger partial charge in [-0.15, -0.1) is 12.3 Å². The Morgan fingerprint density at radius 2 is 1.81 bits per heavy atom. The summed E-state index contributed by atoms with van der Waals surface area (Å²) in [5.74, 6) is 4.04. The molecule has 0 aromatic heterocycles. The first-order valence-corrected chi connectivity index (χ1v) is 9.16. The fourth-order valence-electron chi connectivity index (χ4n) is 1.44. The van der Waals surface area contributed by atoms with Crippen LogP contribution in [0.1, 0.15) is 32.6 Å². The van der Waals surface area contributed by atoms with E-state index in [4.69, 9.17) is 20.3 Å². The number of hydrogen-bond acceptors (Lipinski definition) is 5. The molecule has 0 radical (unpaired) electrons. The SMILES string of the molecule is C#CCC(CCS(=O)(=O)O)OC(C#CS(=O)(=O)O)CCC. The van der Waals surface area contributed by atoms with Gasteiger partial charge < -0.3 is 4.74 Å². The van der Waals surface area contributed by atoms with Crippen molar-refractivity contribution in [2.45, 2.75) is 44.8 Å². The summed E-state index contributed by atoms with van der Waals surface area (Å²) in [4.78, 5) is 0. The molecule has 0 aromatic carbocycles. The second-order valence-corrected chi connectivity index (χ2v) is 6.97. The van der Waals surface area contributed by atoms with Crippen LogP contribution < -0.4 is 0 Å². The quantitative estimate of drug-likeness (QED) is 0.494. The van der Waals surface area contributed by atoms with E-state index < -0.39 is 38.2 Å². The molecule has 0 spiro atoms. The van der Waals surface area contributed by atoms with Crippen LogP contribution >= 0.6 is 0 Å². The van der Waals surface area contributed by atoms with Gasteiger partial charge in [-0.1, -0.05) is 19.3 Å². The van der Waals surface area contributed by atoms with Crippen LogP contribution in [0.15, 0.2) is 0 Å². The van der Waals surface area contributed by atoms with Crippen LogP contribution in [-0.4, -0.2) is 43.9 Å². The van der Waals surface area contributed by atoms with Crippen molar-refractivity contribution < 1.29 is 30.7 Å². The lowest BCUT2D eigenvalue weighted by molar-refractivity contribution is 0.0154. The molecule has 2 N–H and O–H groups in total. The monoisotopic (exact) mass is 338 g/mol. The molecule has 9 heteroatoms. The first kappa shape index (κ1) is 19.9. The molecule has 0 saturated heterocycles. The minimum absolute atomic E-state index is 0.0448. The van der Waals surface area contributed by atoms with Crippen molar-refractivity contribution in [3.8, 4) is 23.5 Å². The summed E-state index contributed by atoms with van der Waals surface area (Å²) in [6, 6.07) is 0. The second-order valence-electron chi connectivity index (χ2n) is 4.24. The number of hydrogen-bond donors (Lipinski definition) is 2. The van der Waals surface area contributed by atoms with Gasteiger partial charge in [0, 0.05) is 6.42 Å². The van der Waals surface area contributed by atoms with Gasteiger partial charge in [0.05, 0.1) is 17.1 Å². The highest BCUT2D eigenvalue weighted by Gasteiger charge is 2.17. The van der Waals surface area contributed by atoms with Crippen LogP contribution in [-0.2, 0) is 25.0 Å². The number of rotatable bonds is 8. The van der Waals surface area contributed by atoms with Crippen LogP contribution in [0.2, 0.25) is 0 Å². The molecule has 7 nitrogen and oxygen atoms in total. The summed E-state index contributed by atoms with van der Waals surface area (Å²) in [5.41, 5.74) is 0. The summed E-state index contributed by atoms with van der Waals surface area (Å²) in [7, 11) is -8.58. The predicted octanol–water partition coefficient (Wildman–Crippen LogP) is 0.690. The van der Waals surface area contributed by atoms with Crippen molar-refractivity contribution in [3.05, 3.63) is 0 Å². The largest absolute Gasteiger partial charge is 0.361 e. The van der Waals surface area contributed by atoms with Crippen LogP contribution in [0, 0.1) is 23.5 Å². The Morgan fingerprint density at radius 1 is 1.19 bits per heavy atom. The van der Waals surface area contributed by atoms with Crippen molar-refractivity contribution in [2.24, 2.45) is 0 Å². The zero-order valence-corrected chi connectivity index (χ0v) is 13.2. The lowest BCUT2D eigenvalue weighted by Crippen LogP contribution is -2.24. The van der Waals surface area contributed by atoms with Gasteiger partial charge in [0.2, 0.25) is 0 Å². The van der Waals surface area contributed by atoms with Crippen LogP contribution in [0.3, 0.4) is 0 Å². The molecule has 0 aliphatic carbocycles. The molecule has 21 heavy (non-hydrogen) atoms. The van der Waals surface area contributed by atoms with Crippen LogP contribution in [0.25, 0.3) is 0 Å². The first-order chi connectivity index (χ1) is 9.57. The van der Waals surface area contributed by atoms with Crippen LogP contribution in [0.4, 0.5) is 0 Å².